The van der Waals surface area contributed by atoms with E-state index in [1.807, 2.05) is 74.5 Å². The molecule has 0 aliphatic carbocycles. The van der Waals surface area contributed by atoms with Crippen LogP contribution in [0.25, 0.3) is 0 Å². The summed E-state index contributed by atoms with van der Waals surface area (Å²) in [6, 6.07) is 19.4. The number of hydrogen-bond acceptors (Lipinski definition) is 3. The fourth-order valence-corrected chi connectivity index (χ4v) is 4.21. The van der Waals surface area contributed by atoms with Crippen LogP contribution >= 0.6 is 11.6 Å². The number of aryl methyl sites for hydroxylation is 1. The van der Waals surface area contributed by atoms with Gasteiger partial charge in [-0.1, -0.05) is 54.1 Å². The second-order valence-corrected chi connectivity index (χ2v) is 7.70. The molecule has 0 aromatic heterocycles. The molecule has 2 atom stereocenters. The van der Waals surface area contributed by atoms with Crippen molar-refractivity contribution >= 4 is 11.6 Å². The predicted octanol–water partition coefficient (Wildman–Crippen LogP) is 5.73. The summed E-state index contributed by atoms with van der Waals surface area (Å²) < 4.78 is 11.5. The molecule has 28 heavy (non-hydrogen) atoms. The van der Waals surface area contributed by atoms with Crippen molar-refractivity contribution in [3.05, 3.63) is 93.5 Å². The Labute approximate surface area is 170 Å². The standard InChI is InChI=1S/C24H23ClO3/c1-15-13-21-22(16(2)23(15)25)20(17-9-11-19(27-3)12-10-17)14-24(26,28-21)18-7-5-4-6-8-18/h4-13,20,26H,14H2,1-3H3/t20-,24+/m1/s1. The average molecular weight is 395 g/mol. The van der Waals surface area contributed by atoms with E-state index in [1.54, 1.807) is 7.11 Å². The van der Waals surface area contributed by atoms with Crippen LogP contribution in [0.1, 0.15) is 40.2 Å². The zero-order valence-electron chi connectivity index (χ0n) is 16.2. The van der Waals surface area contributed by atoms with E-state index < -0.39 is 5.79 Å². The maximum atomic E-state index is 11.5. The number of halogens is 1. The van der Waals surface area contributed by atoms with Gasteiger partial charge in [0, 0.05) is 28.5 Å². The van der Waals surface area contributed by atoms with Gasteiger partial charge in [0.05, 0.1) is 7.11 Å². The van der Waals surface area contributed by atoms with Gasteiger partial charge in [0.2, 0.25) is 5.79 Å². The first kappa shape index (κ1) is 18.9. The van der Waals surface area contributed by atoms with Gasteiger partial charge in [-0.15, -0.1) is 0 Å². The van der Waals surface area contributed by atoms with Gasteiger partial charge in [-0.2, -0.15) is 0 Å². The van der Waals surface area contributed by atoms with Crippen LogP contribution in [-0.2, 0) is 5.79 Å². The van der Waals surface area contributed by atoms with Crippen LogP contribution in [0.15, 0.2) is 60.7 Å². The van der Waals surface area contributed by atoms with E-state index in [2.05, 4.69) is 0 Å². The summed E-state index contributed by atoms with van der Waals surface area (Å²) in [6.45, 7) is 3.97. The van der Waals surface area contributed by atoms with Crippen molar-refractivity contribution in [1.29, 1.82) is 0 Å². The first-order chi connectivity index (χ1) is 13.4. The highest BCUT2D eigenvalue weighted by Gasteiger charge is 2.42. The Bertz CT molecular complexity index is 999. The number of aliphatic hydroxyl groups is 1. The lowest BCUT2D eigenvalue weighted by Crippen LogP contribution is -2.39. The molecule has 0 spiro atoms. The van der Waals surface area contributed by atoms with Crippen LogP contribution in [0, 0.1) is 13.8 Å². The van der Waals surface area contributed by atoms with Crippen molar-refractivity contribution in [2.75, 3.05) is 7.11 Å². The number of fused-ring (bicyclic) bond motifs is 1. The van der Waals surface area contributed by atoms with Crippen LogP contribution in [-0.4, -0.2) is 12.2 Å². The third kappa shape index (κ3) is 3.15. The van der Waals surface area contributed by atoms with Crippen molar-refractivity contribution in [3.8, 4) is 11.5 Å². The minimum absolute atomic E-state index is 0.0574. The van der Waals surface area contributed by atoms with Gasteiger partial charge in [-0.25, -0.2) is 0 Å². The molecule has 0 saturated carbocycles. The Morgan fingerprint density at radius 2 is 1.75 bits per heavy atom. The molecule has 3 nitrogen and oxygen atoms in total. The minimum Gasteiger partial charge on any atom is -0.497 e. The molecule has 1 aliphatic rings. The summed E-state index contributed by atoms with van der Waals surface area (Å²) in [4.78, 5) is 0. The molecule has 1 aliphatic heterocycles. The molecule has 3 aromatic rings. The number of hydrogen-bond donors (Lipinski definition) is 1. The molecule has 0 fully saturated rings. The van der Waals surface area contributed by atoms with Gasteiger partial charge in [-0.05, 0) is 48.7 Å². The smallest absolute Gasteiger partial charge is 0.235 e. The lowest BCUT2D eigenvalue weighted by atomic mass is 9.79. The summed E-state index contributed by atoms with van der Waals surface area (Å²) in [5, 5.41) is 12.2. The Hall–Kier alpha value is -2.49. The van der Waals surface area contributed by atoms with E-state index in [-0.39, 0.29) is 5.92 Å². The molecule has 4 heteroatoms. The van der Waals surface area contributed by atoms with E-state index in [4.69, 9.17) is 21.1 Å². The van der Waals surface area contributed by atoms with E-state index in [0.29, 0.717) is 12.2 Å². The van der Waals surface area contributed by atoms with Gasteiger partial charge in [0.1, 0.15) is 11.5 Å². The van der Waals surface area contributed by atoms with Gasteiger partial charge >= 0.3 is 0 Å². The number of methoxy groups -OCH3 is 1. The molecule has 0 unspecified atom stereocenters. The predicted molar refractivity (Wildman–Crippen MR) is 111 cm³/mol. The van der Waals surface area contributed by atoms with Crippen LogP contribution in [0.5, 0.6) is 11.5 Å². The summed E-state index contributed by atoms with van der Waals surface area (Å²) in [5.74, 6) is 0.00904. The SMILES string of the molecule is COc1ccc([C@H]2C[C@@](O)(c3ccccc3)Oc3cc(C)c(Cl)c(C)c32)cc1. The fourth-order valence-electron chi connectivity index (χ4n) is 4.05. The topological polar surface area (TPSA) is 38.7 Å². The van der Waals surface area contributed by atoms with Crippen molar-refractivity contribution < 1.29 is 14.6 Å². The van der Waals surface area contributed by atoms with Crippen LogP contribution in [0.2, 0.25) is 5.02 Å². The minimum atomic E-state index is -1.41. The molecule has 0 bridgehead atoms. The summed E-state index contributed by atoms with van der Waals surface area (Å²) in [6.07, 6.45) is 0.399. The molecule has 0 amide bonds. The molecule has 4 rings (SSSR count). The van der Waals surface area contributed by atoms with E-state index in [9.17, 15) is 5.11 Å². The van der Waals surface area contributed by atoms with Crippen molar-refractivity contribution in [1.82, 2.24) is 0 Å². The van der Waals surface area contributed by atoms with Gasteiger partial charge < -0.3 is 14.6 Å². The quantitative estimate of drug-likeness (QED) is 0.617. The first-order valence-electron chi connectivity index (χ1n) is 9.33. The Morgan fingerprint density at radius 1 is 1.07 bits per heavy atom. The molecular weight excluding hydrogens is 372 g/mol. The van der Waals surface area contributed by atoms with Crippen molar-refractivity contribution in [2.24, 2.45) is 0 Å². The molecule has 144 valence electrons. The lowest BCUT2D eigenvalue weighted by Gasteiger charge is -2.40. The monoisotopic (exact) mass is 394 g/mol. The van der Waals surface area contributed by atoms with Crippen molar-refractivity contribution in [2.45, 2.75) is 32.0 Å². The Morgan fingerprint density at radius 3 is 2.39 bits per heavy atom. The molecule has 3 aromatic carbocycles. The summed E-state index contributed by atoms with van der Waals surface area (Å²) in [5.41, 5.74) is 4.78. The fraction of sp³-hybridized carbons (Fsp3) is 0.250. The maximum absolute atomic E-state index is 11.5. The molecule has 1 N–H and O–H groups in total. The third-order valence-electron chi connectivity index (χ3n) is 5.54. The number of ether oxygens (including phenoxy) is 2. The van der Waals surface area contributed by atoms with Crippen LogP contribution in [0.3, 0.4) is 0 Å². The van der Waals surface area contributed by atoms with Crippen LogP contribution in [0.4, 0.5) is 0 Å². The zero-order chi connectivity index (χ0) is 19.9. The number of rotatable bonds is 3. The van der Waals surface area contributed by atoms with Gasteiger partial charge in [-0.3, -0.25) is 0 Å². The Balaban J connectivity index is 1.89. The van der Waals surface area contributed by atoms with Gasteiger partial charge in [0.15, 0.2) is 0 Å². The largest absolute Gasteiger partial charge is 0.497 e. The van der Waals surface area contributed by atoms with E-state index >= 15 is 0 Å². The van der Waals surface area contributed by atoms with E-state index in [1.165, 1.54) is 0 Å². The third-order valence-corrected chi connectivity index (χ3v) is 6.13. The summed E-state index contributed by atoms with van der Waals surface area (Å²) >= 11 is 6.57. The maximum Gasteiger partial charge on any atom is 0.235 e. The molecule has 0 saturated heterocycles. The lowest BCUT2D eigenvalue weighted by molar-refractivity contribution is -0.161. The summed E-state index contributed by atoms with van der Waals surface area (Å²) in [7, 11) is 1.65. The highest BCUT2D eigenvalue weighted by Crippen LogP contribution is 2.50. The molecule has 1 heterocycles. The second-order valence-electron chi connectivity index (χ2n) is 7.33. The van der Waals surface area contributed by atoms with Crippen molar-refractivity contribution in [3.63, 3.8) is 0 Å². The average Bonchev–Trinajstić information content (AvgIpc) is 2.72. The molecular formula is C24H23ClO3. The second kappa shape index (κ2) is 7.16. The highest BCUT2D eigenvalue weighted by molar-refractivity contribution is 6.32. The van der Waals surface area contributed by atoms with Gasteiger partial charge in [0.25, 0.3) is 0 Å². The Kier molecular flexibility index (Phi) is 4.82. The van der Waals surface area contributed by atoms with E-state index in [0.717, 1.165) is 38.6 Å². The molecule has 0 radical (unpaired) electrons. The van der Waals surface area contributed by atoms with Crippen LogP contribution < -0.4 is 9.47 Å². The highest BCUT2D eigenvalue weighted by atomic mass is 35.5. The zero-order valence-corrected chi connectivity index (χ0v) is 17.0. The normalized spacial score (nSPS) is 21.0. The number of benzene rings is 3. The first-order valence-corrected chi connectivity index (χ1v) is 9.71.